The van der Waals surface area contributed by atoms with Crippen molar-refractivity contribution in [2.45, 2.75) is 193 Å². The number of hydrogen-bond donors (Lipinski definition) is 0. The molecule has 0 aromatic heterocycles. The van der Waals surface area contributed by atoms with Gasteiger partial charge >= 0.3 is 0 Å². The summed E-state index contributed by atoms with van der Waals surface area (Å²) in [4.78, 5) is 8.55. The molecule has 338 valence electrons. The van der Waals surface area contributed by atoms with Crippen LogP contribution in [0.15, 0.2) is 84.9 Å². The summed E-state index contributed by atoms with van der Waals surface area (Å²) in [6.45, 7) is 37.4. The third-order valence-electron chi connectivity index (χ3n) is 18.8. The highest BCUT2D eigenvalue weighted by molar-refractivity contribution is 7.01. The summed E-state index contributed by atoms with van der Waals surface area (Å²) in [5.74, 6) is 0.471. The second-order valence-corrected chi connectivity index (χ2v) is 31.0. The largest absolute Gasteiger partial charge is 0.335 e. The lowest BCUT2D eigenvalue weighted by Gasteiger charge is -2.54. The summed E-state index contributed by atoms with van der Waals surface area (Å²) >= 11 is 0. The van der Waals surface area contributed by atoms with Crippen molar-refractivity contribution in [2.24, 2.45) is 0 Å². The fourth-order valence-corrected chi connectivity index (χ4v) is 15.4. The highest BCUT2D eigenvalue weighted by atomic mass is 28.3. The van der Waals surface area contributed by atoms with Crippen LogP contribution in [0.1, 0.15) is 168 Å². The molecule has 4 atom stereocenters. The Balaban J connectivity index is 1.28. The van der Waals surface area contributed by atoms with Gasteiger partial charge in [0.15, 0.2) is 0 Å². The van der Waals surface area contributed by atoms with Gasteiger partial charge in [-0.2, -0.15) is 0 Å². The molecule has 0 spiro atoms. The van der Waals surface area contributed by atoms with E-state index in [0.29, 0.717) is 5.92 Å². The Labute approximate surface area is 394 Å². The van der Waals surface area contributed by atoms with E-state index in [4.69, 9.17) is 0 Å². The SMILES string of the molecule is CC(C)c1ccc(N2c3ccc(C(C)(C)C)cc3B3c4cc([Si](C)(C)C)cc5c4N(c4cc(N6c7ccc(C(C)(C)C)cc7C7(C)CCCCC67C)cc2c43)C2(C)CCCCC52C)cc1. The molecule has 2 saturated carbocycles. The predicted molar refractivity (Wildman–Crippen MR) is 286 cm³/mol. The van der Waals surface area contributed by atoms with Crippen LogP contribution in [-0.4, -0.2) is 25.9 Å². The fourth-order valence-electron chi connectivity index (χ4n) is 14.2. The van der Waals surface area contributed by atoms with Crippen molar-refractivity contribution in [3.63, 3.8) is 0 Å². The third-order valence-corrected chi connectivity index (χ3v) is 20.8. The molecular formula is C60H76BN3Si. The van der Waals surface area contributed by atoms with Crippen molar-refractivity contribution in [2.75, 3.05) is 14.7 Å². The quantitative estimate of drug-likeness (QED) is 0.163. The van der Waals surface area contributed by atoms with Crippen LogP contribution in [0, 0.1) is 0 Å². The molecule has 5 aromatic rings. The van der Waals surface area contributed by atoms with E-state index in [1.165, 1.54) is 119 Å². The van der Waals surface area contributed by atoms with Crippen LogP contribution in [0.5, 0.6) is 0 Å². The molecule has 2 aliphatic carbocycles. The zero-order valence-electron chi connectivity index (χ0n) is 42.7. The lowest BCUT2D eigenvalue weighted by molar-refractivity contribution is 0.194. The van der Waals surface area contributed by atoms with Gasteiger partial charge in [-0.15, -0.1) is 0 Å². The summed E-state index contributed by atoms with van der Waals surface area (Å²) in [6, 6.07) is 35.6. The van der Waals surface area contributed by atoms with Gasteiger partial charge in [-0.25, -0.2) is 0 Å². The van der Waals surface area contributed by atoms with Gasteiger partial charge in [0, 0.05) is 50.6 Å². The zero-order valence-corrected chi connectivity index (χ0v) is 43.7. The van der Waals surface area contributed by atoms with Crippen LogP contribution in [-0.2, 0) is 21.7 Å². The lowest BCUT2D eigenvalue weighted by atomic mass is 9.33. The first-order chi connectivity index (χ1) is 30.4. The average molecular weight is 878 g/mol. The molecule has 4 unspecified atom stereocenters. The Kier molecular flexibility index (Phi) is 9.14. The van der Waals surface area contributed by atoms with Crippen molar-refractivity contribution in [1.82, 2.24) is 0 Å². The van der Waals surface area contributed by atoms with Crippen molar-refractivity contribution >= 4 is 76.2 Å². The van der Waals surface area contributed by atoms with E-state index in [0.717, 1.165) is 0 Å². The van der Waals surface area contributed by atoms with Gasteiger partial charge < -0.3 is 14.7 Å². The van der Waals surface area contributed by atoms with Crippen LogP contribution >= 0.6 is 0 Å². The Bertz CT molecular complexity index is 2800. The summed E-state index contributed by atoms with van der Waals surface area (Å²) in [5, 5.41) is 1.61. The minimum absolute atomic E-state index is 0.0164. The number of nitrogens with zero attached hydrogens (tertiary/aromatic N) is 3. The number of rotatable bonds is 4. The van der Waals surface area contributed by atoms with Crippen molar-refractivity contribution in [1.29, 1.82) is 0 Å². The van der Waals surface area contributed by atoms with E-state index in [9.17, 15) is 0 Å². The first-order valence-electron chi connectivity index (χ1n) is 25.6. The molecule has 3 nitrogen and oxygen atoms in total. The van der Waals surface area contributed by atoms with Crippen molar-refractivity contribution in [3.8, 4) is 0 Å². The van der Waals surface area contributed by atoms with Gasteiger partial charge in [0.25, 0.3) is 6.71 Å². The number of anilines is 7. The van der Waals surface area contributed by atoms with Crippen LogP contribution in [0.25, 0.3) is 0 Å². The summed E-state index contributed by atoms with van der Waals surface area (Å²) in [6.07, 6.45) is 9.96. The van der Waals surface area contributed by atoms with Crippen LogP contribution in [0.3, 0.4) is 0 Å². The summed E-state index contributed by atoms with van der Waals surface area (Å²) in [7, 11) is -1.72. The standard InChI is InChI=1S/C60H76BN3Si/c1-38(2)39-20-24-42(25-21-39)62-50-27-23-41(56(6,7)8)33-47(50)61-48-37-44(65(13,14)15)36-46-54(48)64(60(12)31-19-17-29-58(46,60)10)52-35-43(34-51(62)53(52)61)63-49-26-22-40(55(3,4)5)32-45(49)57(9)28-16-18-30-59(57,63)11/h20-27,32-38H,16-19,28-31H2,1-15H3. The van der Waals surface area contributed by atoms with E-state index >= 15 is 0 Å². The Hall–Kier alpha value is -4.22. The van der Waals surface area contributed by atoms with Gasteiger partial charge in [-0.05, 0) is 137 Å². The monoisotopic (exact) mass is 878 g/mol. The number of fused-ring (bicyclic) bond motifs is 10. The minimum atomic E-state index is -1.72. The Morgan fingerprint density at radius 1 is 0.538 bits per heavy atom. The van der Waals surface area contributed by atoms with E-state index in [1.807, 2.05) is 0 Å². The van der Waals surface area contributed by atoms with E-state index in [-0.39, 0.29) is 39.5 Å². The molecule has 5 aromatic carbocycles. The van der Waals surface area contributed by atoms with E-state index in [1.54, 1.807) is 21.8 Å². The Morgan fingerprint density at radius 3 is 1.69 bits per heavy atom. The maximum atomic E-state index is 2.98. The second kappa shape index (κ2) is 13.7. The topological polar surface area (TPSA) is 9.72 Å². The average Bonchev–Trinajstić information content (AvgIpc) is 3.58. The predicted octanol–water partition coefficient (Wildman–Crippen LogP) is 14.0. The molecule has 2 fully saturated rings. The van der Waals surface area contributed by atoms with Gasteiger partial charge in [0.05, 0.1) is 19.2 Å². The Morgan fingerprint density at radius 2 is 1.09 bits per heavy atom. The molecule has 4 aliphatic heterocycles. The minimum Gasteiger partial charge on any atom is -0.335 e. The zero-order chi connectivity index (χ0) is 46.2. The molecule has 0 radical (unpaired) electrons. The smallest absolute Gasteiger partial charge is 0.252 e. The summed E-state index contributed by atoms with van der Waals surface area (Å²) < 4.78 is 0. The molecule has 65 heavy (non-hydrogen) atoms. The molecule has 4 heterocycles. The maximum absolute atomic E-state index is 2.98. The number of benzene rings is 5. The maximum Gasteiger partial charge on any atom is 0.252 e. The van der Waals surface area contributed by atoms with Gasteiger partial charge in [-0.1, -0.05) is 168 Å². The number of hydrogen-bond acceptors (Lipinski definition) is 3. The molecule has 5 heteroatoms. The third kappa shape index (κ3) is 5.78. The van der Waals surface area contributed by atoms with Crippen LogP contribution in [0.2, 0.25) is 19.6 Å². The molecule has 0 bridgehead atoms. The van der Waals surface area contributed by atoms with Crippen molar-refractivity contribution in [3.05, 3.63) is 113 Å². The van der Waals surface area contributed by atoms with Gasteiger partial charge in [-0.3, -0.25) is 0 Å². The molecular weight excluding hydrogens is 802 g/mol. The molecule has 11 rings (SSSR count). The first kappa shape index (κ1) is 43.4. The second-order valence-electron chi connectivity index (χ2n) is 25.9. The molecule has 0 amide bonds. The van der Waals surface area contributed by atoms with E-state index in [2.05, 4.69) is 202 Å². The van der Waals surface area contributed by atoms with Crippen LogP contribution in [0.4, 0.5) is 39.8 Å². The van der Waals surface area contributed by atoms with Gasteiger partial charge in [0.1, 0.15) is 0 Å². The molecule has 0 N–H and O–H groups in total. The van der Waals surface area contributed by atoms with E-state index < -0.39 is 8.07 Å². The lowest BCUT2D eigenvalue weighted by Crippen LogP contribution is -2.65. The molecule has 0 saturated heterocycles. The fraction of sp³-hybridized carbons (Fsp3) is 0.500. The normalized spacial score (nSPS) is 26.5. The van der Waals surface area contributed by atoms with Crippen molar-refractivity contribution < 1.29 is 0 Å². The first-order valence-corrected chi connectivity index (χ1v) is 29.1. The van der Waals surface area contributed by atoms with Gasteiger partial charge in [0.2, 0.25) is 0 Å². The highest BCUT2D eigenvalue weighted by Gasteiger charge is 2.63. The molecule has 6 aliphatic rings. The highest BCUT2D eigenvalue weighted by Crippen LogP contribution is 2.65. The summed E-state index contributed by atoms with van der Waals surface area (Å²) in [5.41, 5.74) is 21.7. The van der Waals surface area contributed by atoms with Crippen LogP contribution < -0.4 is 36.3 Å².